The molecule has 4 aliphatic carbocycles. The third kappa shape index (κ3) is 3.51. The van der Waals surface area contributed by atoms with Gasteiger partial charge in [-0.3, -0.25) is 9.78 Å². The number of hydrogen-bond acceptors (Lipinski definition) is 4. The Balaban J connectivity index is 1.42. The van der Waals surface area contributed by atoms with Crippen LogP contribution in [0.2, 0.25) is 0 Å². The Morgan fingerprint density at radius 2 is 1.91 bits per heavy atom. The van der Waals surface area contributed by atoms with Crippen LogP contribution in [0.25, 0.3) is 11.3 Å². The van der Waals surface area contributed by atoms with E-state index in [1.54, 1.807) is 0 Å². The highest BCUT2D eigenvalue weighted by Gasteiger charge is 2.64. The summed E-state index contributed by atoms with van der Waals surface area (Å²) in [5.74, 6) is 2.51. The monoisotopic (exact) mass is 466 g/mol. The van der Waals surface area contributed by atoms with Gasteiger partial charge in [-0.15, -0.1) is 0 Å². The van der Waals surface area contributed by atoms with Crippen molar-refractivity contribution in [1.82, 2.24) is 4.98 Å². The number of aliphatic hydroxyl groups is 1. The number of pyridine rings is 1. The summed E-state index contributed by atoms with van der Waals surface area (Å²) < 4.78 is 0. The van der Waals surface area contributed by atoms with Gasteiger partial charge in [0, 0.05) is 23.6 Å². The van der Waals surface area contributed by atoms with Crippen molar-refractivity contribution in [3.63, 3.8) is 0 Å². The first-order valence-corrected chi connectivity index (χ1v) is 13.3. The van der Waals surface area contributed by atoms with Crippen LogP contribution in [0.4, 0.5) is 0 Å². The predicted octanol–water partition coefficient (Wildman–Crippen LogP) is 6.23. The van der Waals surface area contributed by atoms with E-state index in [2.05, 4.69) is 42.2 Å². The van der Waals surface area contributed by atoms with Gasteiger partial charge in [-0.2, -0.15) is 5.26 Å². The van der Waals surface area contributed by atoms with Crippen LogP contribution in [0, 0.1) is 40.4 Å². The Morgan fingerprint density at radius 1 is 1.09 bits per heavy atom. The first-order chi connectivity index (χ1) is 16.9. The molecule has 1 aromatic heterocycles. The minimum absolute atomic E-state index is 0.214. The van der Waals surface area contributed by atoms with E-state index in [4.69, 9.17) is 0 Å². The third-order valence-corrected chi connectivity index (χ3v) is 10.3. The minimum Gasteiger partial charge on any atom is -0.388 e. The lowest BCUT2D eigenvalue weighted by Gasteiger charge is -2.58. The summed E-state index contributed by atoms with van der Waals surface area (Å²) in [5, 5.41) is 21.3. The quantitative estimate of drug-likeness (QED) is 0.582. The van der Waals surface area contributed by atoms with Gasteiger partial charge in [0.1, 0.15) is 0 Å². The number of ketones is 1. The van der Waals surface area contributed by atoms with Gasteiger partial charge in [0.2, 0.25) is 0 Å². The number of carbonyl (C=O) groups is 1. The van der Waals surface area contributed by atoms with Crippen molar-refractivity contribution in [2.45, 2.75) is 69.8 Å². The molecule has 0 radical (unpaired) electrons. The van der Waals surface area contributed by atoms with Crippen LogP contribution < -0.4 is 0 Å². The van der Waals surface area contributed by atoms with Crippen molar-refractivity contribution in [3.05, 3.63) is 65.9 Å². The molecule has 180 valence electrons. The van der Waals surface area contributed by atoms with Crippen LogP contribution >= 0.6 is 0 Å². The van der Waals surface area contributed by atoms with Crippen molar-refractivity contribution in [3.8, 4) is 17.3 Å². The summed E-state index contributed by atoms with van der Waals surface area (Å²) in [7, 11) is 0. The number of allylic oxidation sites excluding steroid dienone is 1. The molecule has 2 aromatic rings. The molecule has 6 rings (SSSR count). The van der Waals surface area contributed by atoms with Gasteiger partial charge >= 0.3 is 0 Å². The average molecular weight is 467 g/mol. The summed E-state index contributed by atoms with van der Waals surface area (Å²) in [5.41, 5.74) is 3.60. The van der Waals surface area contributed by atoms with Gasteiger partial charge in [-0.05, 0) is 91.9 Å². The number of carbonyl (C=O) groups excluding carboxylic acids is 1. The molecule has 0 saturated heterocycles. The first kappa shape index (κ1) is 22.7. The molecular formula is C31H34N2O2. The zero-order valence-corrected chi connectivity index (χ0v) is 20.5. The maximum absolute atomic E-state index is 12.2. The Kier molecular flexibility index (Phi) is 5.45. The van der Waals surface area contributed by atoms with Crippen molar-refractivity contribution < 1.29 is 9.90 Å². The van der Waals surface area contributed by atoms with Gasteiger partial charge < -0.3 is 5.11 Å². The fourth-order valence-corrected chi connectivity index (χ4v) is 8.60. The summed E-state index contributed by atoms with van der Waals surface area (Å²) in [6.45, 7) is 2.27. The zero-order valence-electron chi connectivity index (χ0n) is 20.5. The number of benzene rings is 1. The molecule has 3 saturated carbocycles. The molecule has 1 heterocycles. The summed E-state index contributed by atoms with van der Waals surface area (Å²) >= 11 is 0. The van der Waals surface area contributed by atoms with Crippen LogP contribution in [0.5, 0.6) is 0 Å². The Bertz CT molecular complexity index is 1200. The maximum Gasteiger partial charge on any atom is 0.155 e. The minimum atomic E-state index is -0.915. The normalized spacial score (nSPS) is 38.0. The fourth-order valence-electron chi connectivity index (χ4n) is 8.60. The zero-order chi connectivity index (χ0) is 24.2. The molecule has 0 spiro atoms. The van der Waals surface area contributed by atoms with E-state index in [-0.39, 0.29) is 17.6 Å². The van der Waals surface area contributed by atoms with Crippen LogP contribution in [-0.2, 0) is 4.79 Å². The molecule has 7 atom stereocenters. The summed E-state index contributed by atoms with van der Waals surface area (Å²) in [4.78, 5) is 16.8. The molecule has 4 nitrogen and oxygen atoms in total. The number of nitrogens with zero attached hydrogens (tertiary/aromatic N) is 2. The van der Waals surface area contributed by atoms with Crippen molar-refractivity contribution >= 4 is 5.78 Å². The summed E-state index contributed by atoms with van der Waals surface area (Å²) in [6.07, 6.45) is 10.3. The van der Waals surface area contributed by atoms with E-state index in [0.717, 1.165) is 49.8 Å². The lowest BCUT2D eigenvalue weighted by molar-refractivity contribution is -0.125. The molecule has 0 bridgehead atoms. The molecule has 4 aliphatic rings. The van der Waals surface area contributed by atoms with E-state index in [1.165, 1.54) is 11.1 Å². The van der Waals surface area contributed by atoms with Crippen LogP contribution in [-0.4, -0.2) is 21.5 Å². The largest absolute Gasteiger partial charge is 0.388 e. The van der Waals surface area contributed by atoms with E-state index >= 15 is 0 Å². The van der Waals surface area contributed by atoms with E-state index < -0.39 is 5.60 Å². The molecule has 0 aliphatic heterocycles. The van der Waals surface area contributed by atoms with Crippen LogP contribution in [0.1, 0.15) is 69.8 Å². The molecule has 1 N–H and O–H groups in total. The lowest BCUT2D eigenvalue weighted by Crippen LogP contribution is -2.55. The van der Waals surface area contributed by atoms with Gasteiger partial charge in [0.15, 0.2) is 5.78 Å². The van der Waals surface area contributed by atoms with Crippen molar-refractivity contribution in [1.29, 1.82) is 5.26 Å². The lowest BCUT2D eigenvalue weighted by atomic mass is 9.46. The molecule has 0 unspecified atom stereocenters. The summed E-state index contributed by atoms with van der Waals surface area (Å²) in [6, 6.07) is 17.2. The highest BCUT2D eigenvalue weighted by atomic mass is 16.3. The van der Waals surface area contributed by atoms with Gasteiger partial charge in [-0.25, -0.2) is 0 Å². The van der Waals surface area contributed by atoms with E-state index in [0.29, 0.717) is 36.0 Å². The highest BCUT2D eigenvalue weighted by Crippen LogP contribution is 2.68. The standard InChI is InChI=1S/C31H34N2O2/c1-30-19-26(20-5-7-21(8-6-20)28-4-2-3-17-33-28)29-24-12-10-23(34)18-22(24)9-11-25(29)27(30)13-14-31(30,35)15-16-32/h2-8,17-18,24-27,29,35H,9-15,19H2,1H3/t24-,25-,26+,27-,29+,30-,31+/m0/s1. The number of aromatic nitrogens is 1. The maximum atomic E-state index is 12.2. The number of fused-ring (bicyclic) bond motifs is 5. The molecule has 1 aromatic carbocycles. The second kappa shape index (κ2) is 8.42. The van der Waals surface area contributed by atoms with Crippen LogP contribution in [0.3, 0.4) is 0 Å². The van der Waals surface area contributed by atoms with E-state index in [9.17, 15) is 15.2 Å². The number of hydrogen-bond donors (Lipinski definition) is 1. The first-order valence-electron chi connectivity index (χ1n) is 13.3. The molecule has 3 fully saturated rings. The smallest absolute Gasteiger partial charge is 0.155 e. The predicted molar refractivity (Wildman–Crippen MR) is 135 cm³/mol. The second-order valence-corrected chi connectivity index (χ2v) is 11.7. The average Bonchev–Trinajstić information content (AvgIpc) is 3.14. The Labute approximate surface area is 208 Å². The number of rotatable bonds is 3. The molecule has 35 heavy (non-hydrogen) atoms. The van der Waals surface area contributed by atoms with Gasteiger partial charge in [0.05, 0.1) is 23.8 Å². The van der Waals surface area contributed by atoms with E-state index in [1.807, 2.05) is 30.5 Å². The number of nitriles is 1. The second-order valence-electron chi connectivity index (χ2n) is 11.7. The van der Waals surface area contributed by atoms with Crippen LogP contribution in [0.15, 0.2) is 60.3 Å². The Morgan fingerprint density at radius 3 is 2.66 bits per heavy atom. The fraction of sp³-hybridized carbons (Fsp3) is 0.516. The molecular weight excluding hydrogens is 432 g/mol. The third-order valence-electron chi connectivity index (χ3n) is 10.3. The van der Waals surface area contributed by atoms with Crippen molar-refractivity contribution in [2.75, 3.05) is 0 Å². The molecule has 0 amide bonds. The highest BCUT2D eigenvalue weighted by molar-refractivity contribution is 5.91. The molecule has 4 heteroatoms. The van der Waals surface area contributed by atoms with Crippen molar-refractivity contribution in [2.24, 2.45) is 29.1 Å². The topological polar surface area (TPSA) is 74.0 Å². The Hall–Kier alpha value is -2.77. The SMILES string of the molecule is C[C@]12C[C@H](c3ccc(-c4ccccn4)cc3)[C@H]3[C@@H](CCC4=CC(=O)CC[C@@H]43)[C@@H]1CC[C@@]2(O)CC#N. The van der Waals surface area contributed by atoms with Gasteiger partial charge in [0.25, 0.3) is 0 Å². The van der Waals surface area contributed by atoms with Gasteiger partial charge in [-0.1, -0.05) is 42.8 Å².